The van der Waals surface area contributed by atoms with E-state index in [-0.39, 0.29) is 18.0 Å². The second-order valence-corrected chi connectivity index (χ2v) is 5.37. The second-order valence-electron chi connectivity index (χ2n) is 5.37. The summed E-state index contributed by atoms with van der Waals surface area (Å²) in [5.41, 5.74) is 2.34. The minimum atomic E-state index is -0.190. The summed E-state index contributed by atoms with van der Waals surface area (Å²) in [4.78, 5) is 11.3. The fraction of sp³-hybridized carbons (Fsp3) is 0.562. The molecule has 0 radical (unpaired) electrons. The summed E-state index contributed by atoms with van der Waals surface area (Å²) in [6, 6.07) is 6.06. The van der Waals surface area contributed by atoms with Crippen molar-refractivity contribution < 1.29 is 14.3 Å². The molecule has 0 aliphatic heterocycles. The lowest BCUT2D eigenvalue weighted by atomic mass is 9.89. The van der Waals surface area contributed by atoms with Crippen molar-refractivity contribution in [1.29, 1.82) is 0 Å². The molecule has 1 aromatic carbocycles. The van der Waals surface area contributed by atoms with Crippen LogP contribution in [0.25, 0.3) is 0 Å². The molecule has 0 heterocycles. The summed E-state index contributed by atoms with van der Waals surface area (Å²) in [5.74, 6) is 1.42. The molecule has 104 valence electrons. The summed E-state index contributed by atoms with van der Waals surface area (Å²) >= 11 is 0. The van der Waals surface area contributed by atoms with Crippen molar-refractivity contribution in [3.63, 3.8) is 0 Å². The molecular weight excluding hydrogens is 240 g/mol. The highest BCUT2D eigenvalue weighted by atomic mass is 16.5. The van der Waals surface area contributed by atoms with Crippen molar-refractivity contribution in [2.75, 3.05) is 7.11 Å². The van der Waals surface area contributed by atoms with Crippen LogP contribution in [0.1, 0.15) is 43.7 Å². The lowest BCUT2D eigenvalue weighted by molar-refractivity contribution is -0.148. The van der Waals surface area contributed by atoms with Crippen molar-refractivity contribution in [2.45, 2.75) is 45.6 Å². The number of hydrogen-bond donors (Lipinski definition) is 0. The monoisotopic (exact) mass is 262 g/mol. The Morgan fingerprint density at radius 2 is 2.05 bits per heavy atom. The molecule has 2 atom stereocenters. The maximum absolute atomic E-state index is 11.3. The van der Waals surface area contributed by atoms with E-state index in [1.54, 1.807) is 7.11 Å². The van der Waals surface area contributed by atoms with Crippen molar-refractivity contribution in [1.82, 2.24) is 0 Å². The molecule has 0 N–H and O–H groups in total. The normalized spacial score (nSPS) is 17.7. The van der Waals surface area contributed by atoms with Crippen molar-refractivity contribution >= 4 is 5.97 Å². The zero-order valence-corrected chi connectivity index (χ0v) is 12.1. The van der Waals surface area contributed by atoms with E-state index in [1.807, 2.05) is 12.1 Å². The number of benzene rings is 1. The number of methoxy groups -OCH3 is 1. The standard InChI is InChI=1S/C16H22O3/c1-10-14(6-5-7-15(10)18-4)11(2)16(13-8-9-13)19-12(3)17/h5-7,11,13,16H,8-9H2,1-4H3. The topological polar surface area (TPSA) is 35.5 Å². The van der Waals surface area contributed by atoms with Crippen LogP contribution >= 0.6 is 0 Å². The van der Waals surface area contributed by atoms with E-state index in [2.05, 4.69) is 19.9 Å². The molecule has 2 unspecified atom stereocenters. The zero-order valence-electron chi connectivity index (χ0n) is 12.1. The zero-order chi connectivity index (χ0) is 14.0. The fourth-order valence-corrected chi connectivity index (χ4v) is 2.75. The van der Waals surface area contributed by atoms with Crippen LogP contribution in [0.15, 0.2) is 18.2 Å². The molecule has 19 heavy (non-hydrogen) atoms. The fourth-order valence-electron chi connectivity index (χ4n) is 2.75. The summed E-state index contributed by atoms with van der Waals surface area (Å²) in [6.07, 6.45) is 2.31. The molecule has 0 amide bonds. The molecule has 1 aromatic rings. The van der Waals surface area contributed by atoms with E-state index >= 15 is 0 Å². The maximum atomic E-state index is 11.3. The number of esters is 1. The van der Waals surface area contributed by atoms with E-state index in [1.165, 1.54) is 12.5 Å². The van der Waals surface area contributed by atoms with Gasteiger partial charge in [0.1, 0.15) is 11.9 Å². The molecule has 1 aliphatic carbocycles. The van der Waals surface area contributed by atoms with Gasteiger partial charge >= 0.3 is 5.97 Å². The Hall–Kier alpha value is -1.51. The first-order valence-corrected chi connectivity index (χ1v) is 6.85. The molecule has 0 bridgehead atoms. The second kappa shape index (κ2) is 5.64. The highest BCUT2D eigenvalue weighted by molar-refractivity contribution is 5.66. The Kier molecular flexibility index (Phi) is 4.13. The van der Waals surface area contributed by atoms with Crippen LogP contribution < -0.4 is 4.74 Å². The van der Waals surface area contributed by atoms with Gasteiger partial charge in [-0.3, -0.25) is 4.79 Å². The molecule has 0 aromatic heterocycles. The van der Waals surface area contributed by atoms with Crippen LogP contribution in [0.5, 0.6) is 5.75 Å². The van der Waals surface area contributed by atoms with Gasteiger partial charge in [-0.2, -0.15) is 0 Å². The highest BCUT2D eigenvalue weighted by Crippen LogP contribution is 2.42. The van der Waals surface area contributed by atoms with Gasteiger partial charge in [0, 0.05) is 12.8 Å². The van der Waals surface area contributed by atoms with Gasteiger partial charge in [-0.1, -0.05) is 19.1 Å². The van der Waals surface area contributed by atoms with Crippen LogP contribution in [0.4, 0.5) is 0 Å². The van der Waals surface area contributed by atoms with E-state index in [0.29, 0.717) is 5.92 Å². The van der Waals surface area contributed by atoms with Crippen LogP contribution in [0.2, 0.25) is 0 Å². The number of ether oxygens (including phenoxy) is 2. The van der Waals surface area contributed by atoms with Crippen LogP contribution in [-0.2, 0) is 9.53 Å². The minimum absolute atomic E-state index is 0.0108. The Morgan fingerprint density at radius 3 is 2.58 bits per heavy atom. The van der Waals surface area contributed by atoms with Crippen LogP contribution in [0.3, 0.4) is 0 Å². The highest BCUT2D eigenvalue weighted by Gasteiger charge is 2.38. The van der Waals surface area contributed by atoms with Gasteiger partial charge in [0.05, 0.1) is 7.11 Å². The van der Waals surface area contributed by atoms with Gasteiger partial charge in [0.15, 0.2) is 0 Å². The number of hydrogen-bond acceptors (Lipinski definition) is 3. The van der Waals surface area contributed by atoms with Gasteiger partial charge in [0.25, 0.3) is 0 Å². The molecule has 1 saturated carbocycles. The van der Waals surface area contributed by atoms with Gasteiger partial charge in [-0.15, -0.1) is 0 Å². The first-order valence-electron chi connectivity index (χ1n) is 6.85. The lowest BCUT2D eigenvalue weighted by Crippen LogP contribution is -2.25. The van der Waals surface area contributed by atoms with Crippen LogP contribution in [0, 0.1) is 12.8 Å². The molecule has 0 spiro atoms. The molecule has 1 aliphatic rings. The van der Waals surface area contributed by atoms with Gasteiger partial charge in [-0.05, 0) is 42.9 Å². The van der Waals surface area contributed by atoms with Crippen molar-refractivity contribution in [3.05, 3.63) is 29.3 Å². The summed E-state index contributed by atoms with van der Waals surface area (Å²) in [6.45, 7) is 5.68. The molecule has 1 fully saturated rings. The smallest absolute Gasteiger partial charge is 0.302 e. The van der Waals surface area contributed by atoms with Gasteiger partial charge < -0.3 is 9.47 Å². The molecule has 3 nitrogen and oxygen atoms in total. The third kappa shape index (κ3) is 3.09. The Morgan fingerprint density at radius 1 is 1.37 bits per heavy atom. The molecule has 3 heteroatoms. The molecule has 2 rings (SSSR count). The summed E-state index contributed by atoms with van der Waals surface area (Å²) in [5, 5.41) is 0. The average molecular weight is 262 g/mol. The predicted molar refractivity (Wildman–Crippen MR) is 74.4 cm³/mol. The van der Waals surface area contributed by atoms with E-state index in [9.17, 15) is 4.79 Å². The maximum Gasteiger partial charge on any atom is 0.302 e. The quantitative estimate of drug-likeness (QED) is 0.762. The number of carbonyl (C=O) groups is 1. The third-order valence-electron chi connectivity index (χ3n) is 3.92. The largest absolute Gasteiger partial charge is 0.496 e. The van der Waals surface area contributed by atoms with Gasteiger partial charge in [-0.25, -0.2) is 0 Å². The van der Waals surface area contributed by atoms with E-state index in [4.69, 9.17) is 9.47 Å². The Balaban J connectivity index is 2.25. The number of carbonyl (C=O) groups excluding carboxylic acids is 1. The number of rotatable bonds is 5. The van der Waals surface area contributed by atoms with Gasteiger partial charge in [0.2, 0.25) is 0 Å². The Labute approximate surface area is 114 Å². The third-order valence-corrected chi connectivity index (χ3v) is 3.92. The summed E-state index contributed by atoms with van der Waals surface area (Å²) < 4.78 is 10.9. The first kappa shape index (κ1) is 13.9. The minimum Gasteiger partial charge on any atom is -0.496 e. The molecular formula is C16H22O3. The van der Waals surface area contributed by atoms with Crippen molar-refractivity contribution in [3.8, 4) is 5.75 Å². The Bertz CT molecular complexity index is 463. The SMILES string of the molecule is COc1cccc(C(C)C(OC(C)=O)C2CC2)c1C. The van der Waals surface area contributed by atoms with E-state index < -0.39 is 0 Å². The lowest BCUT2D eigenvalue weighted by Gasteiger charge is -2.25. The molecule has 0 saturated heterocycles. The average Bonchev–Trinajstić information content (AvgIpc) is 3.19. The summed E-state index contributed by atoms with van der Waals surface area (Å²) in [7, 11) is 1.68. The van der Waals surface area contributed by atoms with Crippen molar-refractivity contribution in [2.24, 2.45) is 5.92 Å². The first-order chi connectivity index (χ1) is 9.04. The van der Waals surface area contributed by atoms with E-state index in [0.717, 1.165) is 24.2 Å². The van der Waals surface area contributed by atoms with Crippen LogP contribution in [-0.4, -0.2) is 19.2 Å². The predicted octanol–water partition coefficient (Wildman–Crippen LogP) is 3.45.